The van der Waals surface area contributed by atoms with Crippen molar-refractivity contribution in [2.75, 3.05) is 0 Å². The third-order valence-corrected chi connectivity index (χ3v) is 3.11. The van der Waals surface area contributed by atoms with Crippen molar-refractivity contribution < 1.29 is 0 Å². The fourth-order valence-corrected chi connectivity index (χ4v) is 2.13. The zero-order valence-electron chi connectivity index (χ0n) is 10.2. The Kier molecular flexibility index (Phi) is 2.43. The Morgan fingerprint density at radius 2 is 2.21 bits per heavy atom. The molecule has 0 aliphatic rings. The molecular formula is C14H10N4O. The highest BCUT2D eigenvalue weighted by molar-refractivity contribution is 5.83. The standard InChI is InChI=1S/C14H10N4O/c1-18-8-17-12-6-9(2-3-13(12)18)10-4-5-16-14(19)11(10)7-15/h2-6,8H,1H3,(H,16,19). The van der Waals surface area contributed by atoms with Crippen LogP contribution in [-0.4, -0.2) is 14.5 Å². The van der Waals surface area contributed by atoms with E-state index in [-0.39, 0.29) is 11.1 Å². The van der Waals surface area contributed by atoms with E-state index in [1.54, 1.807) is 18.6 Å². The first-order chi connectivity index (χ1) is 9.20. The van der Waals surface area contributed by atoms with E-state index in [9.17, 15) is 4.79 Å². The van der Waals surface area contributed by atoms with E-state index < -0.39 is 0 Å². The van der Waals surface area contributed by atoms with Crippen molar-refractivity contribution in [1.82, 2.24) is 14.5 Å². The molecule has 0 spiro atoms. The number of aryl methyl sites for hydroxylation is 1. The second kappa shape index (κ2) is 4.10. The molecule has 2 aromatic heterocycles. The number of H-pyrrole nitrogens is 1. The lowest BCUT2D eigenvalue weighted by Gasteiger charge is -2.03. The largest absolute Gasteiger partial charge is 0.334 e. The topological polar surface area (TPSA) is 74.5 Å². The van der Waals surface area contributed by atoms with Gasteiger partial charge in [-0.25, -0.2) is 4.98 Å². The van der Waals surface area contributed by atoms with Crippen LogP contribution in [0.4, 0.5) is 0 Å². The first-order valence-electron chi connectivity index (χ1n) is 5.74. The summed E-state index contributed by atoms with van der Waals surface area (Å²) in [5.74, 6) is 0. The summed E-state index contributed by atoms with van der Waals surface area (Å²) in [6.45, 7) is 0. The Morgan fingerprint density at radius 1 is 1.37 bits per heavy atom. The normalized spacial score (nSPS) is 10.5. The van der Waals surface area contributed by atoms with Gasteiger partial charge in [0.25, 0.3) is 5.56 Å². The van der Waals surface area contributed by atoms with Crippen molar-refractivity contribution >= 4 is 11.0 Å². The van der Waals surface area contributed by atoms with E-state index in [0.717, 1.165) is 16.6 Å². The maximum atomic E-state index is 11.6. The summed E-state index contributed by atoms with van der Waals surface area (Å²) in [5, 5.41) is 9.09. The number of nitrogens with zero attached hydrogens (tertiary/aromatic N) is 3. The van der Waals surface area contributed by atoms with Crippen LogP contribution in [0.15, 0.2) is 41.6 Å². The summed E-state index contributed by atoms with van der Waals surface area (Å²) >= 11 is 0. The van der Waals surface area contributed by atoms with Crippen LogP contribution in [0.25, 0.3) is 22.2 Å². The Morgan fingerprint density at radius 3 is 3.00 bits per heavy atom. The lowest BCUT2D eigenvalue weighted by molar-refractivity contribution is 0.948. The fourth-order valence-electron chi connectivity index (χ4n) is 2.13. The molecule has 0 radical (unpaired) electrons. The highest BCUT2D eigenvalue weighted by Gasteiger charge is 2.10. The number of imidazole rings is 1. The van der Waals surface area contributed by atoms with Gasteiger partial charge in [-0.05, 0) is 23.8 Å². The van der Waals surface area contributed by atoms with Crippen molar-refractivity contribution in [3.05, 3.63) is 52.7 Å². The fraction of sp³-hybridized carbons (Fsp3) is 0.0714. The van der Waals surface area contributed by atoms with Gasteiger partial charge >= 0.3 is 0 Å². The van der Waals surface area contributed by atoms with Crippen molar-refractivity contribution in [3.8, 4) is 17.2 Å². The molecule has 0 amide bonds. The molecule has 92 valence electrons. The highest BCUT2D eigenvalue weighted by atomic mass is 16.1. The van der Waals surface area contributed by atoms with Gasteiger partial charge in [0.1, 0.15) is 11.6 Å². The molecule has 19 heavy (non-hydrogen) atoms. The van der Waals surface area contributed by atoms with Gasteiger partial charge in [0, 0.05) is 18.8 Å². The number of nitrogens with one attached hydrogen (secondary N) is 1. The summed E-state index contributed by atoms with van der Waals surface area (Å²) in [6.07, 6.45) is 3.28. The first kappa shape index (κ1) is 11.2. The molecule has 0 fully saturated rings. The minimum atomic E-state index is -0.374. The van der Waals surface area contributed by atoms with E-state index in [1.807, 2.05) is 35.9 Å². The van der Waals surface area contributed by atoms with Crippen LogP contribution < -0.4 is 5.56 Å². The number of benzene rings is 1. The number of rotatable bonds is 1. The molecule has 1 N–H and O–H groups in total. The molecule has 0 saturated carbocycles. The number of pyridine rings is 1. The molecular weight excluding hydrogens is 240 g/mol. The Balaban J connectivity index is 2.28. The van der Waals surface area contributed by atoms with E-state index in [4.69, 9.17) is 5.26 Å². The Hall–Kier alpha value is -2.87. The summed E-state index contributed by atoms with van der Waals surface area (Å²) in [5.41, 5.74) is 3.03. The van der Waals surface area contributed by atoms with Crippen LogP contribution in [0, 0.1) is 11.3 Å². The number of nitriles is 1. The zero-order valence-corrected chi connectivity index (χ0v) is 10.2. The average molecular weight is 250 g/mol. The van der Waals surface area contributed by atoms with E-state index in [1.165, 1.54) is 0 Å². The predicted octanol–water partition coefficient (Wildman–Crippen LogP) is 1.80. The summed E-state index contributed by atoms with van der Waals surface area (Å²) < 4.78 is 1.92. The molecule has 0 saturated heterocycles. The monoisotopic (exact) mass is 250 g/mol. The summed E-state index contributed by atoms with van der Waals surface area (Å²) in [6, 6.07) is 9.37. The van der Waals surface area contributed by atoms with E-state index in [0.29, 0.717) is 5.56 Å². The van der Waals surface area contributed by atoms with Crippen molar-refractivity contribution in [2.24, 2.45) is 7.05 Å². The molecule has 0 unspecified atom stereocenters. The maximum Gasteiger partial charge on any atom is 0.266 e. The molecule has 3 rings (SSSR count). The Bertz CT molecular complexity index is 867. The quantitative estimate of drug-likeness (QED) is 0.715. The predicted molar refractivity (Wildman–Crippen MR) is 71.5 cm³/mol. The number of fused-ring (bicyclic) bond motifs is 1. The number of hydrogen-bond donors (Lipinski definition) is 1. The van der Waals surface area contributed by atoms with Crippen molar-refractivity contribution in [1.29, 1.82) is 5.26 Å². The Labute approximate surface area is 108 Å². The minimum Gasteiger partial charge on any atom is -0.334 e. The number of aromatic nitrogens is 3. The SMILES string of the molecule is Cn1cnc2cc(-c3cc[nH]c(=O)c3C#N)ccc21. The average Bonchev–Trinajstić information content (AvgIpc) is 2.79. The van der Waals surface area contributed by atoms with Crippen molar-refractivity contribution in [2.45, 2.75) is 0 Å². The van der Waals surface area contributed by atoms with Crippen molar-refractivity contribution in [3.63, 3.8) is 0 Å². The van der Waals surface area contributed by atoms with Gasteiger partial charge in [-0.1, -0.05) is 6.07 Å². The number of aromatic amines is 1. The summed E-state index contributed by atoms with van der Waals surface area (Å²) in [4.78, 5) is 18.4. The van der Waals surface area contributed by atoms with Gasteiger partial charge in [-0.2, -0.15) is 5.26 Å². The molecule has 0 aliphatic carbocycles. The van der Waals surface area contributed by atoms with E-state index >= 15 is 0 Å². The third kappa shape index (κ3) is 1.70. The smallest absolute Gasteiger partial charge is 0.266 e. The van der Waals surface area contributed by atoms with Crippen LogP contribution in [0.5, 0.6) is 0 Å². The first-order valence-corrected chi connectivity index (χ1v) is 5.74. The molecule has 0 aliphatic heterocycles. The molecule has 2 heterocycles. The third-order valence-electron chi connectivity index (χ3n) is 3.11. The van der Waals surface area contributed by atoms with Gasteiger partial charge < -0.3 is 9.55 Å². The minimum absolute atomic E-state index is 0.123. The summed E-state index contributed by atoms with van der Waals surface area (Å²) in [7, 11) is 1.92. The van der Waals surface area contributed by atoms with Crippen LogP contribution >= 0.6 is 0 Å². The van der Waals surface area contributed by atoms with Gasteiger partial charge in [0.05, 0.1) is 17.4 Å². The number of hydrogen-bond acceptors (Lipinski definition) is 3. The van der Waals surface area contributed by atoms with Crippen LogP contribution in [0.1, 0.15) is 5.56 Å². The van der Waals surface area contributed by atoms with Gasteiger partial charge in [0.15, 0.2) is 0 Å². The van der Waals surface area contributed by atoms with Crippen LogP contribution in [0.2, 0.25) is 0 Å². The second-order valence-electron chi connectivity index (χ2n) is 4.27. The van der Waals surface area contributed by atoms with Gasteiger partial charge in [-0.15, -0.1) is 0 Å². The lowest BCUT2D eigenvalue weighted by atomic mass is 10.0. The lowest BCUT2D eigenvalue weighted by Crippen LogP contribution is -2.10. The molecule has 0 bridgehead atoms. The molecule has 5 nitrogen and oxygen atoms in total. The van der Waals surface area contributed by atoms with Crippen LogP contribution in [-0.2, 0) is 7.05 Å². The van der Waals surface area contributed by atoms with Crippen LogP contribution in [0.3, 0.4) is 0 Å². The maximum absolute atomic E-state index is 11.6. The second-order valence-corrected chi connectivity index (χ2v) is 4.27. The molecule has 5 heteroatoms. The molecule has 1 aromatic carbocycles. The molecule has 0 atom stereocenters. The molecule has 3 aromatic rings. The highest BCUT2D eigenvalue weighted by Crippen LogP contribution is 2.24. The zero-order chi connectivity index (χ0) is 13.4. The van der Waals surface area contributed by atoms with Gasteiger partial charge in [0.2, 0.25) is 0 Å². The van der Waals surface area contributed by atoms with E-state index in [2.05, 4.69) is 9.97 Å². The van der Waals surface area contributed by atoms with Gasteiger partial charge in [-0.3, -0.25) is 4.79 Å².